The van der Waals surface area contributed by atoms with Crippen molar-refractivity contribution in [2.24, 2.45) is 7.05 Å². The van der Waals surface area contributed by atoms with Crippen LogP contribution in [0.3, 0.4) is 0 Å². The molecule has 1 saturated carbocycles. The van der Waals surface area contributed by atoms with E-state index in [1.807, 2.05) is 28.8 Å². The number of hydrogen-bond donors (Lipinski definition) is 1. The van der Waals surface area contributed by atoms with Crippen LogP contribution in [-0.4, -0.2) is 49.8 Å². The third-order valence-corrected chi connectivity index (χ3v) is 5.25. The van der Waals surface area contributed by atoms with Crippen LogP contribution >= 0.6 is 0 Å². The van der Waals surface area contributed by atoms with Gasteiger partial charge in [-0.3, -0.25) is 9.48 Å². The van der Waals surface area contributed by atoms with Gasteiger partial charge in [0.15, 0.2) is 5.69 Å². The van der Waals surface area contributed by atoms with Crippen LogP contribution in [0.5, 0.6) is 0 Å². The summed E-state index contributed by atoms with van der Waals surface area (Å²) in [6.45, 7) is 8.59. The van der Waals surface area contributed by atoms with Gasteiger partial charge in [-0.25, -0.2) is 4.98 Å². The summed E-state index contributed by atoms with van der Waals surface area (Å²) in [6.07, 6.45) is 6.09. The molecule has 7 nitrogen and oxygen atoms in total. The van der Waals surface area contributed by atoms with Crippen molar-refractivity contribution in [1.82, 2.24) is 29.5 Å². The lowest BCUT2D eigenvalue weighted by Gasteiger charge is -2.35. The zero-order valence-corrected chi connectivity index (χ0v) is 16.1. The van der Waals surface area contributed by atoms with Crippen molar-refractivity contribution in [2.45, 2.75) is 51.1 Å². The Morgan fingerprint density at radius 2 is 2.08 bits per heavy atom. The van der Waals surface area contributed by atoms with Gasteiger partial charge in [0.1, 0.15) is 11.9 Å². The van der Waals surface area contributed by atoms with Crippen LogP contribution in [0, 0.1) is 0 Å². The van der Waals surface area contributed by atoms with Crippen molar-refractivity contribution in [3.63, 3.8) is 0 Å². The molecular formula is C19H28N6O. The minimum atomic E-state index is -0.126. The topological polar surface area (TPSA) is 68.0 Å². The largest absolute Gasteiger partial charge is 0.336 e. The number of carbonyl (C=O) groups excluding carboxylic acids is 1. The summed E-state index contributed by atoms with van der Waals surface area (Å²) in [5, 5.41) is 8.12. The van der Waals surface area contributed by atoms with Crippen LogP contribution in [0.2, 0.25) is 0 Å². The van der Waals surface area contributed by atoms with Crippen LogP contribution in [0.1, 0.15) is 67.6 Å². The van der Waals surface area contributed by atoms with E-state index in [1.54, 1.807) is 6.20 Å². The molecule has 1 aliphatic carbocycles. The van der Waals surface area contributed by atoms with Gasteiger partial charge in [-0.15, -0.1) is 0 Å². The maximum absolute atomic E-state index is 13.3. The Labute approximate surface area is 154 Å². The van der Waals surface area contributed by atoms with Crippen molar-refractivity contribution in [3.05, 3.63) is 35.7 Å². The number of aromatic nitrogens is 4. The minimum Gasteiger partial charge on any atom is -0.336 e. The highest BCUT2D eigenvalue weighted by molar-refractivity contribution is 5.93. The highest BCUT2D eigenvalue weighted by atomic mass is 16.2. The molecule has 26 heavy (non-hydrogen) atoms. The lowest BCUT2D eigenvalue weighted by atomic mass is 10.1. The van der Waals surface area contributed by atoms with Gasteiger partial charge in [-0.05, 0) is 39.7 Å². The average Bonchev–Trinajstić information content (AvgIpc) is 3.19. The summed E-state index contributed by atoms with van der Waals surface area (Å²) in [7, 11) is 1.97. The zero-order valence-electron chi connectivity index (χ0n) is 16.1. The van der Waals surface area contributed by atoms with Crippen molar-refractivity contribution in [3.8, 4) is 0 Å². The fourth-order valence-corrected chi connectivity index (χ4v) is 3.73. The summed E-state index contributed by atoms with van der Waals surface area (Å²) in [5.41, 5.74) is 1.63. The van der Waals surface area contributed by atoms with E-state index < -0.39 is 0 Å². The Bertz CT molecular complexity index is 810. The van der Waals surface area contributed by atoms with Gasteiger partial charge >= 0.3 is 0 Å². The zero-order chi connectivity index (χ0) is 18.5. The standard InChI is InChI=1S/C19H28N6O/c1-19(2,3)25-15(13-5-6-13)11-14(22-25)18(26)24-10-7-20-12-16(24)17-21-8-9-23(17)4/h8-9,11,13,16,20H,5-7,10,12H2,1-4H3. The Kier molecular flexibility index (Phi) is 4.14. The number of aryl methyl sites for hydroxylation is 1. The second-order valence-electron chi connectivity index (χ2n) is 8.43. The van der Waals surface area contributed by atoms with E-state index in [1.165, 1.54) is 18.5 Å². The Balaban J connectivity index is 1.67. The lowest BCUT2D eigenvalue weighted by molar-refractivity contribution is 0.0613. The monoisotopic (exact) mass is 356 g/mol. The van der Waals surface area contributed by atoms with Gasteiger partial charge in [-0.2, -0.15) is 5.10 Å². The summed E-state index contributed by atoms with van der Waals surface area (Å²) in [4.78, 5) is 19.7. The molecule has 0 bridgehead atoms. The van der Waals surface area contributed by atoms with Crippen molar-refractivity contribution < 1.29 is 4.79 Å². The molecule has 1 atom stereocenters. The molecule has 1 unspecified atom stereocenters. The Hall–Kier alpha value is -2.15. The smallest absolute Gasteiger partial charge is 0.275 e. The van der Waals surface area contributed by atoms with Gasteiger partial charge in [0.05, 0.1) is 5.54 Å². The quantitative estimate of drug-likeness (QED) is 0.914. The molecule has 0 aromatic carbocycles. The fourth-order valence-electron chi connectivity index (χ4n) is 3.73. The number of amides is 1. The predicted molar refractivity (Wildman–Crippen MR) is 99.1 cm³/mol. The average molecular weight is 356 g/mol. The number of nitrogens with zero attached hydrogens (tertiary/aromatic N) is 5. The number of piperazine rings is 1. The highest BCUT2D eigenvalue weighted by Crippen LogP contribution is 2.42. The molecule has 1 saturated heterocycles. The molecule has 1 N–H and O–H groups in total. The summed E-state index contributed by atoms with van der Waals surface area (Å²) >= 11 is 0. The summed E-state index contributed by atoms with van der Waals surface area (Å²) < 4.78 is 4.04. The van der Waals surface area contributed by atoms with E-state index >= 15 is 0 Å². The first-order valence-corrected chi connectivity index (χ1v) is 9.45. The van der Waals surface area contributed by atoms with Crippen molar-refractivity contribution in [1.29, 1.82) is 0 Å². The molecule has 2 aliphatic rings. The second kappa shape index (κ2) is 6.23. The predicted octanol–water partition coefficient (Wildman–Crippen LogP) is 2.04. The van der Waals surface area contributed by atoms with Crippen LogP contribution in [0.15, 0.2) is 18.5 Å². The van der Waals surface area contributed by atoms with E-state index in [4.69, 9.17) is 5.10 Å². The number of nitrogens with one attached hydrogen (secondary N) is 1. The van der Waals surface area contributed by atoms with E-state index in [0.717, 1.165) is 12.4 Å². The van der Waals surface area contributed by atoms with Gasteiger partial charge in [-0.1, -0.05) is 0 Å². The maximum Gasteiger partial charge on any atom is 0.275 e. The van der Waals surface area contributed by atoms with Gasteiger partial charge in [0.25, 0.3) is 5.91 Å². The Morgan fingerprint density at radius 1 is 1.31 bits per heavy atom. The van der Waals surface area contributed by atoms with Gasteiger partial charge in [0, 0.05) is 50.7 Å². The third-order valence-electron chi connectivity index (χ3n) is 5.25. The molecule has 4 rings (SSSR count). The van der Waals surface area contributed by atoms with E-state index in [0.29, 0.717) is 24.7 Å². The van der Waals surface area contributed by atoms with E-state index in [9.17, 15) is 4.79 Å². The van der Waals surface area contributed by atoms with Crippen molar-refractivity contribution >= 4 is 5.91 Å². The third kappa shape index (κ3) is 3.05. The first kappa shape index (κ1) is 17.3. The number of rotatable bonds is 3. The molecule has 3 heterocycles. The first-order chi connectivity index (χ1) is 12.4. The van der Waals surface area contributed by atoms with Crippen molar-refractivity contribution in [2.75, 3.05) is 19.6 Å². The molecule has 2 aromatic rings. The number of imidazole rings is 1. The normalized spacial score (nSPS) is 21.2. The summed E-state index contributed by atoms with van der Waals surface area (Å²) in [5.74, 6) is 1.46. The second-order valence-corrected chi connectivity index (χ2v) is 8.43. The SMILES string of the molecule is Cn1ccnc1C1CNCCN1C(=O)c1cc(C2CC2)n(C(C)(C)C)n1. The van der Waals surface area contributed by atoms with Crippen LogP contribution in [-0.2, 0) is 12.6 Å². The van der Waals surface area contributed by atoms with Crippen LogP contribution in [0.25, 0.3) is 0 Å². The van der Waals surface area contributed by atoms with E-state index in [-0.39, 0.29) is 17.5 Å². The van der Waals surface area contributed by atoms with Crippen LogP contribution in [0.4, 0.5) is 0 Å². The molecule has 0 spiro atoms. The molecule has 0 radical (unpaired) electrons. The molecule has 1 amide bonds. The Morgan fingerprint density at radius 3 is 2.69 bits per heavy atom. The molecule has 2 fully saturated rings. The molecular weight excluding hydrogens is 328 g/mol. The first-order valence-electron chi connectivity index (χ1n) is 9.45. The highest BCUT2D eigenvalue weighted by Gasteiger charge is 2.36. The van der Waals surface area contributed by atoms with Gasteiger partial charge < -0.3 is 14.8 Å². The molecule has 7 heteroatoms. The van der Waals surface area contributed by atoms with Gasteiger partial charge in [0.2, 0.25) is 0 Å². The molecule has 140 valence electrons. The number of carbonyl (C=O) groups is 1. The lowest BCUT2D eigenvalue weighted by Crippen LogP contribution is -2.49. The fraction of sp³-hybridized carbons (Fsp3) is 0.632. The number of hydrogen-bond acceptors (Lipinski definition) is 4. The molecule has 2 aromatic heterocycles. The van der Waals surface area contributed by atoms with E-state index in [2.05, 4.69) is 35.8 Å². The minimum absolute atomic E-state index is 0.00407. The maximum atomic E-state index is 13.3. The summed E-state index contributed by atoms with van der Waals surface area (Å²) in [6, 6.07) is 1.95. The molecule has 1 aliphatic heterocycles. The van der Waals surface area contributed by atoms with Crippen LogP contribution < -0.4 is 5.32 Å².